The summed E-state index contributed by atoms with van der Waals surface area (Å²) >= 11 is 0. The maximum Gasteiger partial charge on any atom is 0.231 e. The van der Waals surface area contributed by atoms with Crippen molar-refractivity contribution in [3.05, 3.63) is 23.8 Å². The topological polar surface area (TPSA) is 59.1 Å². The van der Waals surface area contributed by atoms with Gasteiger partial charge in [-0.2, -0.15) is 0 Å². The Labute approximate surface area is 147 Å². The zero-order chi connectivity index (χ0) is 17.2. The number of fused-ring (bicyclic) bond motifs is 1. The first-order chi connectivity index (χ1) is 12.2. The summed E-state index contributed by atoms with van der Waals surface area (Å²) in [6.45, 7) is 3.29. The fourth-order valence-electron chi connectivity index (χ4n) is 4.26. The van der Waals surface area contributed by atoms with E-state index < -0.39 is 0 Å². The lowest BCUT2D eigenvalue weighted by atomic mass is 9.95. The van der Waals surface area contributed by atoms with E-state index in [2.05, 4.69) is 17.0 Å². The Balaban J connectivity index is 1.42. The van der Waals surface area contributed by atoms with Gasteiger partial charge >= 0.3 is 0 Å². The van der Waals surface area contributed by atoms with E-state index in [0.717, 1.165) is 56.7 Å². The molecule has 3 aliphatic rings. The van der Waals surface area contributed by atoms with Crippen LogP contribution in [-0.4, -0.2) is 61.0 Å². The van der Waals surface area contributed by atoms with Crippen LogP contribution in [0.2, 0.25) is 0 Å². The number of hydrogen-bond donors (Lipinski definition) is 0. The van der Waals surface area contributed by atoms with Crippen molar-refractivity contribution in [3.63, 3.8) is 0 Å². The molecular weight excluding hydrogens is 320 g/mol. The third-order valence-electron chi connectivity index (χ3n) is 5.61. The number of hydrogen-bond acceptors (Lipinski definition) is 5. The molecule has 6 nitrogen and oxygen atoms in total. The van der Waals surface area contributed by atoms with Crippen molar-refractivity contribution < 1.29 is 19.1 Å². The number of ether oxygens (including phenoxy) is 2. The van der Waals surface area contributed by atoms with Gasteiger partial charge in [-0.05, 0) is 42.9 Å². The first kappa shape index (κ1) is 16.4. The number of carbonyl (C=O) groups is 2. The first-order valence-corrected chi connectivity index (χ1v) is 9.09. The van der Waals surface area contributed by atoms with Gasteiger partial charge in [0.25, 0.3) is 0 Å². The van der Waals surface area contributed by atoms with E-state index in [4.69, 9.17) is 9.47 Å². The summed E-state index contributed by atoms with van der Waals surface area (Å²) in [6.07, 6.45) is 4.58. The third kappa shape index (κ3) is 3.35. The van der Waals surface area contributed by atoms with E-state index in [1.807, 2.05) is 11.0 Å². The second-order valence-corrected chi connectivity index (χ2v) is 7.09. The molecule has 2 saturated heterocycles. The lowest BCUT2D eigenvalue weighted by Gasteiger charge is -2.24. The number of likely N-dealkylation sites (tertiary alicyclic amines) is 2. The second-order valence-electron chi connectivity index (χ2n) is 7.09. The van der Waals surface area contributed by atoms with Crippen molar-refractivity contribution in [2.24, 2.45) is 0 Å². The van der Waals surface area contributed by atoms with Crippen molar-refractivity contribution in [1.82, 2.24) is 9.80 Å². The van der Waals surface area contributed by atoms with E-state index in [1.54, 1.807) is 0 Å². The van der Waals surface area contributed by atoms with Gasteiger partial charge < -0.3 is 19.2 Å². The van der Waals surface area contributed by atoms with Crippen LogP contribution in [0.25, 0.3) is 0 Å². The highest BCUT2D eigenvalue weighted by atomic mass is 16.7. The summed E-state index contributed by atoms with van der Waals surface area (Å²) in [7, 11) is 0. The molecule has 4 rings (SSSR count). The standard InChI is InChI=1S/C19H24N2O4/c22-9-8-21-12-15(14-3-4-17-18(11-14)25-13-24-17)10-16(21)5-7-20-6-1-2-19(20)23/h3-4,9,11,15-16H,1-2,5-8,10,12-13H2. The molecule has 0 aliphatic carbocycles. The van der Waals surface area contributed by atoms with Crippen molar-refractivity contribution in [1.29, 1.82) is 0 Å². The van der Waals surface area contributed by atoms with Crippen LogP contribution in [0.4, 0.5) is 0 Å². The Morgan fingerprint density at radius 1 is 1.24 bits per heavy atom. The summed E-state index contributed by atoms with van der Waals surface area (Å²) < 4.78 is 10.9. The molecule has 25 heavy (non-hydrogen) atoms. The third-order valence-corrected chi connectivity index (χ3v) is 5.61. The largest absolute Gasteiger partial charge is 0.454 e. The predicted molar refractivity (Wildman–Crippen MR) is 91.8 cm³/mol. The quantitative estimate of drug-likeness (QED) is 0.737. The van der Waals surface area contributed by atoms with Crippen LogP contribution in [0, 0.1) is 0 Å². The van der Waals surface area contributed by atoms with Gasteiger partial charge in [-0.25, -0.2) is 0 Å². The van der Waals surface area contributed by atoms with E-state index in [-0.39, 0.29) is 12.7 Å². The van der Waals surface area contributed by atoms with E-state index in [0.29, 0.717) is 24.9 Å². The molecule has 1 aromatic carbocycles. The highest BCUT2D eigenvalue weighted by Crippen LogP contribution is 2.39. The summed E-state index contributed by atoms with van der Waals surface area (Å²) in [5, 5.41) is 0. The zero-order valence-electron chi connectivity index (χ0n) is 14.4. The van der Waals surface area contributed by atoms with Crippen molar-refractivity contribution in [3.8, 4) is 11.5 Å². The molecular formula is C19H24N2O4. The Morgan fingerprint density at radius 2 is 2.12 bits per heavy atom. The van der Waals surface area contributed by atoms with E-state index in [1.165, 1.54) is 5.56 Å². The molecule has 0 saturated carbocycles. The molecule has 0 spiro atoms. The van der Waals surface area contributed by atoms with Gasteiger partial charge in [0.1, 0.15) is 6.29 Å². The number of aldehydes is 1. The van der Waals surface area contributed by atoms with Crippen LogP contribution in [-0.2, 0) is 9.59 Å². The number of carbonyl (C=O) groups excluding carboxylic acids is 2. The molecule has 134 valence electrons. The molecule has 3 heterocycles. The molecule has 1 aromatic rings. The number of benzene rings is 1. The molecule has 3 aliphatic heterocycles. The minimum Gasteiger partial charge on any atom is -0.454 e. The van der Waals surface area contributed by atoms with Crippen LogP contribution in [0.1, 0.15) is 37.2 Å². The molecule has 0 aromatic heterocycles. The molecule has 2 atom stereocenters. The van der Waals surface area contributed by atoms with Crippen molar-refractivity contribution in [2.45, 2.75) is 37.6 Å². The fraction of sp³-hybridized carbons (Fsp3) is 0.579. The second kappa shape index (κ2) is 7.04. The smallest absolute Gasteiger partial charge is 0.231 e. The molecule has 6 heteroatoms. The minimum absolute atomic E-state index is 0.271. The lowest BCUT2D eigenvalue weighted by Crippen LogP contribution is -2.35. The fourth-order valence-corrected chi connectivity index (χ4v) is 4.26. The molecule has 0 bridgehead atoms. The lowest BCUT2D eigenvalue weighted by molar-refractivity contribution is -0.127. The Bertz CT molecular complexity index is 663. The van der Waals surface area contributed by atoms with Crippen LogP contribution >= 0.6 is 0 Å². The SMILES string of the molecule is O=CCN1CC(c2ccc3c(c2)OCO3)CC1CCN1CCCC1=O. The van der Waals surface area contributed by atoms with Crippen molar-refractivity contribution in [2.75, 3.05) is 33.0 Å². The van der Waals surface area contributed by atoms with Crippen LogP contribution < -0.4 is 9.47 Å². The molecule has 2 fully saturated rings. The Morgan fingerprint density at radius 3 is 2.92 bits per heavy atom. The first-order valence-electron chi connectivity index (χ1n) is 9.09. The predicted octanol–water partition coefficient (Wildman–Crippen LogP) is 1.78. The van der Waals surface area contributed by atoms with Gasteiger partial charge in [-0.1, -0.05) is 6.07 Å². The van der Waals surface area contributed by atoms with Gasteiger partial charge in [0.15, 0.2) is 11.5 Å². The summed E-state index contributed by atoms with van der Waals surface area (Å²) in [5.41, 5.74) is 1.24. The summed E-state index contributed by atoms with van der Waals surface area (Å²) in [5.74, 6) is 2.27. The maximum atomic E-state index is 11.8. The molecule has 2 unspecified atom stereocenters. The average Bonchev–Trinajstić information content (AvgIpc) is 3.32. The zero-order valence-corrected chi connectivity index (χ0v) is 14.4. The molecule has 0 radical (unpaired) electrons. The van der Waals surface area contributed by atoms with Gasteiger partial charge in [0.2, 0.25) is 12.7 Å². The maximum absolute atomic E-state index is 11.8. The Hall–Kier alpha value is -2.08. The van der Waals surface area contributed by atoms with Crippen LogP contribution in [0.15, 0.2) is 18.2 Å². The highest BCUT2D eigenvalue weighted by molar-refractivity contribution is 5.78. The minimum atomic E-state index is 0.271. The number of rotatable bonds is 6. The van der Waals surface area contributed by atoms with Crippen LogP contribution in [0.5, 0.6) is 11.5 Å². The summed E-state index contributed by atoms with van der Waals surface area (Å²) in [4.78, 5) is 27.1. The van der Waals surface area contributed by atoms with Crippen molar-refractivity contribution >= 4 is 12.2 Å². The van der Waals surface area contributed by atoms with E-state index in [9.17, 15) is 9.59 Å². The monoisotopic (exact) mass is 344 g/mol. The molecule has 0 N–H and O–H groups in total. The van der Waals surface area contributed by atoms with E-state index >= 15 is 0 Å². The number of nitrogens with zero attached hydrogens (tertiary/aromatic N) is 2. The normalized spacial score (nSPS) is 25.8. The van der Waals surface area contributed by atoms with Gasteiger partial charge in [0.05, 0.1) is 6.54 Å². The number of amides is 1. The molecule has 1 amide bonds. The van der Waals surface area contributed by atoms with Gasteiger partial charge in [0, 0.05) is 32.1 Å². The summed E-state index contributed by atoms with van der Waals surface area (Å²) in [6, 6.07) is 6.48. The average molecular weight is 344 g/mol. The van der Waals surface area contributed by atoms with Gasteiger partial charge in [-0.3, -0.25) is 9.69 Å². The van der Waals surface area contributed by atoms with Crippen LogP contribution in [0.3, 0.4) is 0 Å². The Kier molecular flexibility index (Phi) is 4.61. The van der Waals surface area contributed by atoms with Gasteiger partial charge in [-0.15, -0.1) is 0 Å². The highest BCUT2D eigenvalue weighted by Gasteiger charge is 2.34.